The molecule has 7 N–H and O–H groups in total. The quantitative estimate of drug-likeness (QED) is 0.112. The minimum absolute atomic E-state index is 0.0183. The molecule has 0 radical (unpaired) electrons. The van der Waals surface area contributed by atoms with Gasteiger partial charge in [-0.1, -0.05) is 12.2 Å². The van der Waals surface area contributed by atoms with Crippen LogP contribution < -0.4 is 17.0 Å². The van der Waals surface area contributed by atoms with Crippen molar-refractivity contribution in [1.82, 2.24) is 39.0 Å². The smallest absolute Gasteiger partial charge is 0.386 e. The molecule has 212 valence electrons. The van der Waals surface area contributed by atoms with E-state index >= 15 is 0 Å². The van der Waals surface area contributed by atoms with Gasteiger partial charge in [-0.3, -0.25) is 28.0 Å². The second-order valence-corrected chi connectivity index (χ2v) is 12.6. The molecule has 3 fully saturated rings. The normalized spacial score (nSPS) is 33.0. The highest BCUT2D eigenvalue weighted by Crippen LogP contribution is 2.61. The van der Waals surface area contributed by atoms with Gasteiger partial charge in [0, 0.05) is 12.3 Å². The average molecular weight is 595 g/mol. The number of aromatic amines is 1. The monoisotopic (exact) mass is 594 g/mol. The minimum atomic E-state index is -4.09. The Bertz CT molecular complexity index is 1730. The fourth-order valence-electron chi connectivity index (χ4n) is 5.21. The number of hydrogen-bond acceptors (Lipinski definition) is 15. The summed E-state index contributed by atoms with van der Waals surface area (Å²) in [5.41, 5.74) is 12.0. The molecule has 3 aliphatic rings. The predicted molar refractivity (Wildman–Crippen MR) is 138 cm³/mol. The maximum atomic E-state index is 13.3. The molecule has 6 heterocycles. The van der Waals surface area contributed by atoms with Gasteiger partial charge in [0.2, 0.25) is 5.95 Å². The molecule has 0 amide bonds. The maximum Gasteiger partial charge on any atom is 0.386 e. The zero-order chi connectivity index (χ0) is 27.9. The highest BCUT2D eigenvalue weighted by Gasteiger charge is 2.66. The molecular weight excluding hydrogens is 571 g/mol. The Morgan fingerprint density at radius 3 is 2.73 bits per heavy atom. The van der Waals surface area contributed by atoms with Crippen LogP contribution in [0, 0.1) is 5.92 Å². The number of nitrogens with zero attached hydrogens (tertiary/aromatic N) is 7. The van der Waals surface area contributed by atoms with E-state index < -0.39 is 61.3 Å². The van der Waals surface area contributed by atoms with Crippen LogP contribution in [-0.2, 0) is 23.1 Å². The van der Waals surface area contributed by atoms with Crippen LogP contribution in [0.1, 0.15) is 18.9 Å². The lowest BCUT2D eigenvalue weighted by Gasteiger charge is -2.27. The molecule has 0 aromatic carbocycles. The Labute approximate surface area is 228 Å². The number of ether oxygens (including phenoxy) is 2. The van der Waals surface area contributed by atoms with E-state index in [1.54, 1.807) is 4.57 Å². The van der Waals surface area contributed by atoms with Crippen LogP contribution in [0.2, 0.25) is 0 Å². The van der Waals surface area contributed by atoms with Crippen LogP contribution in [0.5, 0.6) is 0 Å². The molecule has 0 bridgehead atoms. The van der Waals surface area contributed by atoms with Gasteiger partial charge in [0.15, 0.2) is 28.9 Å². The highest BCUT2D eigenvalue weighted by molar-refractivity contribution is 8.44. The van der Waals surface area contributed by atoms with Gasteiger partial charge in [0.05, 0.1) is 37.6 Å². The molecule has 9 atom stereocenters. The average Bonchev–Trinajstić information content (AvgIpc) is 3.41. The van der Waals surface area contributed by atoms with Crippen molar-refractivity contribution in [3.63, 3.8) is 0 Å². The van der Waals surface area contributed by atoms with Crippen molar-refractivity contribution in [3.8, 4) is 0 Å². The second kappa shape index (κ2) is 9.18. The lowest BCUT2D eigenvalue weighted by Crippen LogP contribution is -2.29. The van der Waals surface area contributed by atoms with Crippen molar-refractivity contribution in [2.24, 2.45) is 5.92 Å². The molecule has 7 rings (SSSR count). The number of H-pyrrole nitrogens is 1. The van der Waals surface area contributed by atoms with Gasteiger partial charge in [-0.25, -0.2) is 24.5 Å². The van der Waals surface area contributed by atoms with E-state index in [2.05, 4.69) is 42.2 Å². The molecule has 20 heteroatoms. The van der Waals surface area contributed by atoms with Crippen molar-refractivity contribution in [3.05, 3.63) is 29.3 Å². The number of imidazole rings is 2. The first-order valence-electron chi connectivity index (χ1n) is 12.1. The largest absolute Gasteiger partial charge is 0.390 e. The fourth-order valence-corrected chi connectivity index (χ4v) is 6.69. The van der Waals surface area contributed by atoms with Gasteiger partial charge in [-0.2, -0.15) is 4.98 Å². The van der Waals surface area contributed by atoms with Crippen molar-refractivity contribution < 1.29 is 33.3 Å². The van der Waals surface area contributed by atoms with Crippen molar-refractivity contribution in [2.75, 3.05) is 18.1 Å². The zero-order valence-corrected chi connectivity index (χ0v) is 22.1. The maximum absolute atomic E-state index is 13.3. The highest BCUT2D eigenvalue weighted by atomic mass is 32.7. The summed E-state index contributed by atoms with van der Waals surface area (Å²) in [5.74, 6) is -0.453. The van der Waals surface area contributed by atoms with E-state index in [-0.39, 0.29) is 36.0 Å². The molecule has 4 aromatic heterocycles. The predicted octanol–water partition coefficient (Wildman–Crippen LogP) is -0.900. The number of nitrogens with one attached hydrogen (secondary N) is 1. The molecule has 0 spiro atoms. The number of thiol groups is 1. The Morgan fingerprint density at radius 1 is 1.12 bits per heavy atom. The van der Waals surface area contributed by atoms with E-state index in [4.69, 9.17) is 30.0 Å². The lowest BCUT2D eigenvalue weighted by molar-refractivity contribution is -0.0656. The summed E-state index contributed by atoms with van der Waals surface area (Å²) >= 11 is 4.11. The number of aliphatic hydroxyl groups excluding tert-OH is 2. The summed E-state index contributed by atoms with van der Waals surface area (Å²) < 4.78 is 39.4. The lowest BCUT2D eigenvalue weighted by atomic mass is 10.2. The molecule has 3 unspecified atom stereocenters. The van der Waals surface area contributed by atoms with Crippen LogP contribution >= 0.6 is 19.0 Å². The van der Waals surface area contributed by atoms with E-state index in [1.165, 1.54) is 23.5 Å². The van der Waals surface area contributed by atoms with Crippen molar-refractivity contribution >= 4 is 53.1 Å². The van der Waals surface area contributed by atoms with E-state index in [1.807, 2.05) is 0 Å². The molecule has 4 aromatic rings. The van der Waals surface area contributed by atoms with E-state index in [0.717, 1.165) is 0 Å². The fraction of sp³-hybridized carbons (Fsp3) is 0.500. The molecule has 2 aliphatic heterocycles. The standard InChI is InChI=1S/C20H23N10O8PS/c21-15-10-16(24-3-23-15)29(4-25-10)8-1-6(31)7(36-8)2-35-39(34,40)38-14-9-12(32)13(9)37-19(14)30-5-26-11-17(30)27-20(22)28-18(11)33/h3-9,12-14,19,31-32H,1-2H2,(H,34,40)(H2,21,23,24)(H3,22,27,28,33)/t6-,7-,8-,9?,12?,13+,14+,19-,39?/m1/s1. The molecule has 1 saturated carbocycles. The Morgan fingerprint density at radius 2 is 1.90 bits per heavy atom. The van der Waals surface area contributed by atoms with Gasteiger partial charge in [0.25, 0.3) is 5.56 Å². The first-order chi connectivity index (χ1) is 19.1. The first-order valence-corrected chi connectivity index (χ1v) is 14.8. The molecule has 2 saturated heterocycles. The van der Waals surface area contributed by atoms with Crippen molar-refractivity contribution in [1.29, 1.82) is 0 Å². The summed E-state index contributed by atoms with van der Waals surface area (Å²) in [4.78, 5) is 35.0. The third kappa shape index (κ3) is 4.17. The number of hydrogen-bond donors (Lipinski definition) is 6. The topological polar surface area (TPSA) is 254 Å². The third-order valence-corrected chi connectivity index (χ3v) is 8.82. The van der Waals surface area contributed by atoms with Crippen LogP contribution in [0.25, 0.3) is 22.3 Å². The number of nitrogens with two attached hydrogens (primary N) is 2. The van der Waals surface area contributed by atoms with Gasteiger partial charge >= 0.3 is 6.80 Å². The summed E-state index contributed by atoms with van der Waals surface area (Å²) in [7, 11) is 0. The number of rotatable bonds is 7. The van der Waals surface area contributed by atoms with E-state index in [0.29, 0.717) is 11.2 Å². The first kappa shape index (κ1) is 25.8. The number of fused-ring (bicyclic) bond motifs is 3. The van der Waals surface area contributed by atoms with Gasteiger partial charge in [-0.15, -0.1) is 0 Å². The third-order valence-electron chi connectivity index (χ3n) is 7.21. The van der Waals surface area contributed by atoms with Crippen LogP contribution in [0.3, 0.4) is 0 Å². The molecule has 40 heavy (non-hydrogen) atoms. The number of nitrogen functional groups attached to an aromatic ring is 2. The zero-order valence-electron chi connectivity index (χ0n) is 20.3. The summed E-state index contributed by atoms with van der Waals surface area (Å²) in [5, 5.41) is 20.8. The minimum Gasteiger partial charge on any atom is -0.390 e. The molecule has 1 aliphatic carbocycles. The Balaban J connectivity index is 1.06. The number of anilines is 2. The number of aliphatic hydroxyl groups is 2. The molecule has 18 nitrogen and oxygen atoms in total. The van der Waals surface area contributed by atoms with Crippen LogP contribution in [0.4, 0.5) is 11.8 Å². The molecular formula is C20H23N10O8PS. The van der Waals surface area contributed by atoms with Gasteiger partial charge in [0.1, 0.15) is 30.3 Å². The number of aromatic nitrogens is 8. The van der Waals surface area contributed by atoms with E-state index in [9.17, 15) is 19.6 Å². The van der Waals surface area contributed by atoms with Crippen LogP contribution in [-0.4, -0.2) is 86.4 Å². The summed E-state index contributed by atoms with van der Waals surface area (Å²) in [6.45, 7) is -4.41. The Kier molecular flexibility index (Phi) is 5.92. The Hall–Kier alpha value is -3.16. The summed E-state index contributed by atoms with van der Waals surface area (Å²) in [6, 6.07) is 0. The second-order valence-electron chi connectivity index (χ2n) is 9.68. The van der Waals surface area contributed by atoms with Crippen molar-refractivity contribution in [2.45, 2.75) is 49.4 Å². The van der Waals surface area contributed by atoms with Gasteiger partial charge in [-0.05, 0) is 0 Å². The SMILES string of the molecule is Nc1nc2c(ncn2[C@@H]2O[C@@H]3C(O)C3[C@@H]2OP(=O)(S)OC[C@H]2O[C@@H](n3cnc4c(N)ncnc43)C[C@H]2O)c(=O)[nH]1. The summed E-state index contributed by atoms with van der Waals surface area (Å²) in [6.07, 6.45) is -1.61. The van der Waals surface area contributed by atoms with Gasteiger partial charge < -0.3 is 31.2 Å². The van der Waals surface area contributed by atoms with Crippen LogP contribution in [0.15, 0.2) is 23.8 Å².